The Kier molecular flexibility index (Phi) is 2.83. The minimum Gasteiger partial charge on any atom is -0.443 e. The number of rotatable bonds is 2. The van der Waals surface area contributed by atoms with Gasteiger partial charge < -0.3 is 10.2 Å². The summed E-state index contributed by atoms with van der Waals surface area (Å²) in [4.78, 5) is 3.96. The lowest BCUT2D eigenvalue weighted by atomic mass is 10.1. The van der Waals surface area contributed by atoms with Crippen molar-refractivity contribution in [3.05, 3.63) is 40.6 Å². The topological polar surface area (TPSA) is 52.0 Å². The summed E-state index contributed by atoms with van der Waals surface area (Å²) in [5.41, 5.74) is 6.90. The third-order valence-electron chi connectivity index (χ3n) is 2.02. The normalized spacial score (nSPS) is 10.6. The molecule has 15 heavy (non-hydrogen) atoms. The molecule has 0 aliphatic rings. The number of hydrogen-bond donors (Lipinski definition) is 1. The van der Waals surface area contributed by atoms with Crippen LogP contribution in [0.25, 0.3) is 11.3 Å². The summed E-state index contributed by atoms with van der Waals surface area (Å²) in [5, 5.41) is 0. The minimum atomic E-state index is -0.312. The minimum absolute atomic E-state index is 0.292. The quantitative estimate of drug-likeness (QED) is 0.913. The van der Waals surface area contributed by atoms with Crippen LogP contribution in [0.2, 0.25) is 0 Å². The highest BCUT2D eigenvalue weighted by atomic mass is 79.9. The maximum absolute atomic E-state index is 13.0. The summed E-state index contributed by atoms with van der Waals surface area (Å²) in [6, 6.07) is 4.62. The fourth-order valence-corrected chi connectivity index (χ4v) is 1.67. The van der Waals surface area contributed by atoms with Crippen molar-refractivity contribution in [1.29, 1.82) is 0 Å². The monoisotopic (exact) mass is 270 g/mol. The van der Waals surface area contributed by atoms with Crippen molar-refractivity contribution < 1.29 is 8.81 Å². The molecule has 5 heteroatoms. The first kappa shape index (κ1) is 10.3. The Morgan fingerprint density at radius 3 is 2.93 bits per heavy atom. The molecule has 0 aliphatic heterocycles. The molecule has 2 aromatic rings. The Morgan fingerprint density at radius 1 is 1.47 bits per heavy atom. The Hall–Kier alpha value is -1.20. The summed E-state index contributed by atoms with van der Waals surface area (Å²) in [6.07, 6.45) is 1.33. The van der Waals surface area contributed by atoms with Gasteiger partial charge in [0.15, 0.2) is 12.2 Å². The second-order valence-electron chi connectivity index (χ2n) is 2.96. The molecule has 0 radical (unpaired) electrons. The van der Waals surface area contributed by atoms with Gasteiger partial charge >= 0.3 is 0 Å². The first-order chi connectivity index (χ1) is 7.22. The van der Waals surface area contributed by atoms with E-state index in [0.29, 0.717) is 22.5 Å². The number of nitrogens with zero attached hydrogens (tertiary/aromatic N) is 1. The van der Waals surface area contributed by atoms with Gasteiger partial charge in [0.1, 0.15) is 11.5 Å². The van der Waals surface area contributed by atoms with Crippen LogP contribution in [0.5, 0.6) is 0 Å². The number of oxazole rings is 1. The zero-order valence-electron chi connectivity index (χ0n) is 7.71. The molecular formula is C10H8BrFN2O. The molecule has 0 aliphatic carbocycles. The van der Waals surface area contributed by atoms with E-state index in [9.17, 15) is 4.39 Å². The Morgan fingerprint density at radius 2 is 2.27 bits per heavy atom. The number of benzene rings is 1. The zero-order valence-corrected chi connectivity index (χ0v) is 9.29. The van der Waals surface area contributed by atoms with Crippen LogP contribution in [0.1, 0.15) is 5.69 Å². The zero-order chi connectivity index (χ0) is 10.8. The van der Waals surface area contributed by atoms with Crippen LogP contribution in [-0.2, 0) is 6.54 Å². The number of nitrogens with two attached hydrogens (primary N) is 1. The van der Waals surface area contributed by atoms with Crippen LogP contribution in [0, 0.1) is 5.82 Å². The van der Waals surface area contributed by atoms with Gasteiger partial charge in [0, 0.05) is 12.1 Å². The van der Waals surface area contributed by atoms with Crippen molar-refractivity contribution >= 4 is 15.9 Å². The molecule has 1 aromatic heterocycles. The van der Waals surface area contributed by atoms with Gasteiger partial charge in [0.05, 0.1) is 4.47 Å². The van der Waals surface area contributed by atoms with Crippen LogP contribution < -0.4 is 5.73 Å². The maximum atomic E-state index is 13.0. The van der Waals surface area contributed by atoms with Gasteiger partial charge in [-0.15, -0.1) is 0 Å². The molecule has 1 aromatic carbocycles. The van der Waals surface area contributed by atoms with Crippen molar-refractivity contribution in [2.45, 2.75) is 6.54 Å². The fraction of sp³-hybridized carbons (Fsp3) is 0.100. The number of halogens is 2. The molecular weight excluding hydrogens is 263 g/mol. The van der Waals surface area contributed by atoms with E-state index in [2.05, 4.69) is 20.9 Å². The molecule has 2 N–H and O–H groups in total. The smallest absolute Gasteiger partial charge is 0.181 e. The van der Waals surface area contributed by atoms with E-state index >= 15 is 0 Å². The first-order valence-corrected chi connectivity index (χ1v) is 5.09. The van der Waals surface area contributed by atoms with Gasteiger partial charge in [-0.1, -0.05) is 0 Å². The molecule has 0 fully saturated rings. The summed E-state index contributed by atoms with van der Waals surface area (Å²) >= 11 is 3.11. The van der Waals surface area contributed by atoms with E-state index in [4.69, 9.17) is 10.2 Å². The van der Waals surface area contributed by atoms with E-state index in [1.54, 1.807) is 12.1 Å². The van der Waals surface area contributed by atoms with Crippen LogP contribution in [0.15, 0.2) is 33.5 Å². The average molecular weight is 271 g/mol. The predicted octanol–water partition coefficient (Wildman–Crippen LogP) is 2.70. The van der Waals surface area contributed by atoms with Crippen LogP contribution in [0.4, 0.5) is 4.39 Å². The average Bonchev–Trinajstić information content (AvgIpc) is 2.70. The molecule has 78 valence electrons. The number of hydrogen-bond acceptors (Lipinski definition) is 3. The van der Waals surface area contributed by atoms with Crippen LogP contribution in [-0.4, -0.2) is 4.98 Å². The van der Waals surface area contributed by atoms with E-state index in [-0.39, 0.29) is 5.82 Å². The van der Waals surface area contributed by atoms with Crippen molar-refractivity contribution in [2.75, 3.05) is 0 Å². The van der Waals surface area contributed by atoms with Gasteiger partial charge in [0.2, 0.25) is 0 Å². The lowest BCUT2D eigenvalue weighted by Crippen LogP contribution is -1.98. The lowest BCUT2D eigenvalue weighted by molar-refractivity contribution is 0.570. The Balaban J connectivity index is 2.50. The third kappa shape index (κ3) is 1.93. The number of aromatic nitrogens is 1. The predicted molar refractivity (Wildman–Crippen MR) is 57.5 cm³/mol. The standard InChI is InChI=1S/C10H8BrFN2O/c11-7-3-6(1-2-8(7)12)10-9(4-13)14-5-15-10/h1-3,5H,4,13H2. The van der Waals surface area contributed by atoms with Crippen molar-refractivity contribution in [3.8, 4) is 11.3 Å². The van der Waals surface area contributed by atoms with E-state index in [1.165, 1.54) is 12.5 Å². The molecule has 1 heterocycles. The molecule has 0 bridgehead atoms. The second-order valence-corrected chi connectivity index (χ2v) is 3.82. The van der Waals surface area contributed by atoms with Gasteiger partial charge in [-0.3, -0.25) is 0 Å². The Labute approximate surface area is 94.2 Å². The molecule has 0 atom stereocenters. The summed E-state index contributed by atoms with van der Waals surface area (Å²) in [7, 11) is 0. The summed E-state index contributed by atoms with van der Waals surface area (Å²) in [5.74, 6) is 0.269. The van der Waals surface area contributed by atoms with Gasteiger partial charge in [-0.25, -0.2) is 9.37 Å². The lowest BCUT2D eigenvalue weighted by Gasteiger charge is -2.00. The molecule has 0 saturated heterocycles. The molecule has 0 amide bonds. The molecule has 2 rings (SSSR count). The van der Waals surface area contributed by atoms with Crippen molar-refractivity contribution in [1.82, 2.24) is 4.98 Å². The maximum Gasteiger partial charge on any atom is 0.181 e. The third-order valence-corrected chi connectivity index (χ3v) is 2.62. The molecule has 0 saturated carbocycles. The second kappa shape index (κ2) is 4.12. The highest BCUT2D eigenvalue weighted by Gasteiger charge is 2.10. The van der Waals surface area contributed by atoms with Crippen LogP contribution >= 0.6 is 15.9 Å². The van der Waals surface area contributed by atoms with Gasteiger partial charge in [-0.05, 0) is 34.1 Å². The van der Waals surface area contributed by atoms with E-state index < -0.39 is 0 Å². The fourth-order valence-electron chi connectivity index (χ4n) is 1.29. The highest BCUT2D eigenvalue weighted by Crippen LogP contribution is 2.27. The first-order valence-electron chi connectivity index (χ1n) is 4.30. The largest absolute Gasteiger partial charge is 0.443 e. The van der Waals surface area contributed by atoms with Gasteiger partial charge in [0.25, 0.3) is 0 Å². The van der Waals surface area contributed by atoms with Crippen molar-refractivity contribution in [3.63, 3.8) is 0 Å². The highest BCUT2D eigenvalue weighted by molar-refractivity contribution is 9.10. The molecule has 3 nitrogen and oxygen atoms in total. The summed E-state index contributed by atoms with van der Waals surface area (Å²) in [6.45, 7) is 0.292. The SMILES string of the molecule is NCc1ncoc1-c1ccc(F)c(Br)c1. The van der Waals surface area contributed by atoms with Crippen LogP contribution in [0.3, 0.4) is 0 Å². The molecule has 0 spiro atoms. The van der Waals surface area contributed by atoms with E-state index in [1.807, 2.05) is 0 Å². The molecule has 0 unspecified atom stereocenters. The Bertz CT molecular complexity index is 484. The van der Waals surface area contributed by atoms with Gasteiger partial charge in [-0.2, -0.15) is 0 Å². The van der Waals surface area contributed by atoms with Crippen molar-refractivity contribution in [2.24, 2.45) is 5.73 Å². The van der Waals surface area contributed by atoms with E-state index in [0.717, 1.165) is 5.56 Å². The summed E-state index contributed by atoms with van der Waals surface area (Å²) < 4.78 is 18.6.